The van der Waals surface area contributed by atoms with Crippen LogP contribution in [0, 0.1) is 5.82 Å². The average Bonchev–Trinajstić information content (AvgIpc) is 3.27. The van der Waals surface area contributed by atoms with E-state index >= 15 is 0 Å². The van der Waals surface area contributed by atoms with Crippen molar-refractivity contribution in [2.45, 2.75) is 13.0 Å². The fourth-order valence-electron chi connectivity index (χ4n) is 2.98. The third-order valence-corrected chi connectivity index (χ3v) is 5.03. The molecule has 0 atom stereocenters. The molecule has 3 N–H and O–H groups in total. The number of hydrogen-bond acceptors (Lipinski definition) is 6. The van der Waals surface area contributed by atoms with Crippen LogP contribution in [0.1, 0.15) is 16.1 Å². The molecule has 7 nitrogen and oxygen atoms in total. The van der Waals surface area contributed by atoms with E-state index in [9.17, 15) is 9.18 Å². The first-order chi connectivity index (χ1) is 14.1. The zero-order valence-electron chi connectivity index (χ0n) is 15.2. The Kier molecular flexibility index (Phi) is 5.30. The molecule has 146 valence electrons. The monoisotopic (exact) mass is 408 g/mol. The number of rotatable bonds is 6. The summed E-state index contributed by atoms with van der Waals surface area (Å²) in [7, 11) is 0. The summed E-state index contributed by atoms with van der Waals surface area (Å²) >= 11 is 1.17. The minimum Gasteiger partial charge on any atom is -0.374 e. The van der Waals surface area contributed by atoms with Gasteiger partial charge >= 0.3 is 0 Å². The topological polar surface area (TPSA) is 98.2 Å². The molecule has 0 aliphatic rings. The number of carbonyl (C=O) groups excluding carboxylic acids is 1. The highest BCUT2D eigenvalue weighted by molar-refractivity contribution is 7.15. The van der Waals surface area contributed by atoms with E-state index in [1.807, 2.05) is 30.5 Å². The first-order valence-electron chi connectivity index (χ1n) is 8.80. The normalized spacial score (nSPS) is 11.3. The molecule has 2 aromatic carbocycles. The van der Waals surface area contributed by atoms with E-state index in [1.54, 1.807) is 18.3 Å². The number of para-hydroxylation sites is 1. The van der Waals surface area contributed by atoms with Crippen molar-refractivity contribution in [3.63, 3.8) is 0 Å². The van der Waals surface area contributed by atoms with E-state index in [4.69, 9.17) is 5.73 Å². The lowest BCUT2D eigenvalue weighted by Gasteiger charge is -2.05. The van der Waals surface area contributed by atoms with Gasteiger partial charge in [-0.05, 0) is 23.8 Å². The van der Waals surface area contributed by atoms with Crippen LogP contribution in [-0.2, 0) is 17.8 Å². The number of carbonyl (C=O) groups is 1. The van der Waals surface area contributed by atoms with Crippen LogP contribution in [0.25, 0.3) is 10.9 Å². The molecule has 4 aromatic rings. The van der Waals surface area contributed by atoms with E-state index in [-0.39, 0.29) is 18.1 Å². The summed E-state index contributed by atoms with van der Waals surface area (Å²) in [6.45, 7) is 0.597. The molecule has 4 rings (SSSR count). The van der Waals surface area contributed by atoms with Crippen molar-refractivity contribution in [3.8, 4) is 0 Å². The van der Waals surface area contributed by atoms with Crippen LogP contribution < -0.4 is 11.2 Å². The second-order valence-corrected chi connectivity index (χ2v) is 7.45. The first kappa shape index (κ1) is 18.8. The summed E-state index contributed by atoms with van der Waals surface area (Å²) in [6.07, 6.45) is 3.63. The number of hydrazone groups is 1. The van der Waals surface area contributed by atoms with Crippen LogP contribution in [0.3, 0.4) is 0 Å². The number of aromatic nitrogens is 3. The van der Waals surface area contributed by atoms with Gasteiger partial charge in [-0.3, -0.25) is 4.79 Å². The summed E-state index contributed by atoms with van der Waals surface area (Å²) in [4.78, 5) is 12.0. The van der Waals surface area contributed by atoms with Crippen LogP contribution in [0.2, 0.25) is 0 Å². The molecule has 0 aliphatic heterocycles. The summed E-state index contributed by atoms with van der Waals surface area (Å²) in [5.41, 5.74) is 10.9. The minimum absolute atomic E-state index is 0.0680. The molecule has 0 unspecified atom stereocenters. The molecular weight excluding hydrogens is 391 g/mol. The lowest BCUT2D eigenvalue weighted by Crippen LogP contribution is -2.19. The molecule has 0 saturated heterocycles. The number of benzene rings is 2. The lowest BCUT2D eigenvalue weighted by atomic mass is 10.2. The maximum Gasteiger partial charge on any atom is 0.247 e. The number of nitrogens with two attached hydrogens (primary N) is 1. The number of nitrogens with one attached hydrogen (secondary N) is 1. The lowest BCUT2D eigenvalue weighted by molar-refractivity contribution is -0.120. The maximum absolute atomic E-state index is 13.2. The van der Waals surface area contributed by atoms with E-state index in [2.05, 4.69) is 25.3 Å². The predicted octanol–water partition coefficient (Wildman–Crippen LogP) is 2.96. The number of nitrogen functional groups attached to an aromatic ring is 1. The number of anilines is 1. The fraction of sp³-hybridized carbons (Fsp3) is 0.100. The molecule has 1 amide bonds. The standard InChI is InChI=1S/C20H17FN6OS/c21-15-7-5-13(6-8-15)11-27-12-14(16-3-1-2-4-17(16)27)10-23-24-18(28)9-19-25-26-20(22)29-19/h1-8,10,12H,9,11H2,(H2,22,26)(H,24,28)/b23-10+. The molecular formula is C20H17FN6OS. The molecule has 0 fully saturated rings. The van der Waals surface area contributed by atoms with Gasteiger partial charge in [-0.1, -0.05) is 41.7 Å². The molecule has 0 aliphatic carbocycles. The second kappa shape index (κ2) is 8.19. The van der Waals surface area contributed by atoms with E-state index < -0.39 is 0 Å². The Labute approximate surface area is 169 Å². The Morgan fingerprint density at radius 3 is 2.76 bits per heavy atom. The Morgan fingerprint density at radius 1 is 1.21 bits per heavy atom. The number of nitrogens with zero attached hydrogens (tertiary/aromatic N) is 4. The van der Waals surface area contributed by atoms with Crippen molar-refractivity contribution in [1.82, 2.24) is 20.2 Å². The first-order valence-corrected chi connectivity index (χ1v) is 9.62. The van der Waals surface area contributed by atoms with Gasteiger partial charge in [0.1, 0.15) is 10.8 Å². The maximum atomic E-state index is 13.2. The van der Waals surface area contributed by atoms with Crippen molar-refractivity contribution in [1.29, 1.82) is 0 Å². The average molecular weight is 408 g/mol. The zero-order chi connectivity index (χ0) is 20.2. The molecule has 29 heavy (non-hydrogen) atoms. The Bertz CT molecular complexity index is 1180. The van der Waals surface area contributed by atoms with Gasteiger partial charge in [0.05, 0.1) is 12.6 Å². The Hall–Kier alpha value is -3.59. The molecule has 0 saturated carbocycles. The van der Waals surface area contributed by atoms with Crippen molar-refractivity contribution < 1.29 is 9.18 Å². The minimum atomic E-state index is -0.299. The molecule has 9 heteroatoms. The number of hydrogen-bond donors (Lipinski definition) is 2. The largest absolute Gasteiger partial charge is 0.374 e. The van der Waals surface area contributed by atoms with Crippen molar-refractivity contribution in [2.24, 2.45) is 5.10 Å². The van der Waals surface area contributed by atoms with Gasteiger partial charge in [0.2, 0.25) is 11.0 Å². The van der Waals surface area contributed by atoms with Gasteiger partial charge in [0, 0.05) is 29.2 Å². The van der Waals surface area contributed by atoms with Crippen LogP contribution in [0.4, 0.5) is 9.52 Å². The molecule has 2 aromatic heterocycles. The molecule has 0 spiro atoms. The van der Waals surface area contributed by atoms with Crippen LogP contribution >= 0.6 is 11.3 Å². The zero-order valence-corrected chi connectivity index (χ0v) is 16.1. The Morgan fingerprint density at radius 2 is 2.00 bits per heavy atom. The van der Waals surface area contributed by atoms with E-state index in [0.717, 1.165) is 22.0 Å². The molecule has 0 radical (unpaired) electrons. The van der Waals surface area contributed by atoms with E-state index in [1.165, 1.54) is 23.5 Å². The van der Waals surface area contributed by atoms with Crippen molar-refractivity contribution in [2.75, 3.05) is 5.73 Å². The summed E-state index contributed by atoms with van der Waals surface area (Å²) < 4.78 is 15.2. The number of halogens is 1. The molecule has 0 bridgehead atoms. The fourth-order valence-corrected chi connectivity index (χ4v) is 3.59. The van der Waals surface area contributed by atoms with Gasteiger partial charge < -0.3 is 10.3 Å². The third kappa shape index (κ3) is 4.46. The summed E-state index contributed by atoms with van der Waals surface area (Å²) in [5, 5.41) is 13.4. The van der Waals surface area contributed by atoms with Gasteiger partial charge in [-0.25, -0.2) is 9.82 Å². The summed E-state index contributed by atoms with van der Waals surface area (Å²) in [6, 6.07) is 14.3. The number of fused-ring (bicyclic) bond motifs is 1. The molecule has 2 heterocycles. The van der Waals surface area contributed by atoms with Gasteiger partial charge in [0.25, 0.3) is 0 Å². The highest BCUT2D eigenvalue weighted by atomic mass is 32.1. The highest BCUT2D eigenvalue weighted by Gasteiger charge is 2.09. The quantitative estimate of drug-likeness (QED) is 0.379. The van der Waals surface area contributed by atoms with Gasteiger partial charge in [-0.2, -0.15) is 5.10 Å². The SMILES string of the molecule is Nc1nnc(CC(=O)N/N=C/c2cn(Cc3ccc(F)cc3)c3ccccc23)s1. The predicted molar refractivity (Wildman–Crippen MR) is 111 cm³/mol. The summed E-state index contributed by atoms with van der Waals surface area (Å²) in [5.74, 6) is -0.557. The van der Waals surface area contributed by atoms with Crippen LogP contribution in [0.5, 0.6) is 0 Å². The van der Waals surface area contributed by atoms with E-state index in [0.29, 0.717) is 16.7 Å². The third-order valence-electron chi connectivity index (χ3n) is 4.27. The van der Waals surface area contributed by atoms with Crippen molar-refractivity contribution >= 4 is 39.5 Å². The van der Waals surface area contributed by atoms with Crippen molar-refractivity contribution in [3.05, 3.63) is 76.7 Å². The van der Waals surface area contributed by atoms with Crippen LogP contribution in [0.15, 0.2) is 59.8 Å². The second-order valence-electron chi connectivity index (χ2n) is 6.36. The van der Waals surface area contributed by atoms with Gasteiger partial charge in [0.15, 0.2) is 0 Å². The van der Waals surface area contributed by atoms with Gasteiger partial charge in [-0.15, -0.1) is 10.2 Å². The number of amides is 1. The Balaban J connectivity index is 1.50. The highest BCUT2D eigenvalue weighted by Crippen LogP contribution is 2.21. The smallest absolute Gasteiger partial charge is 0.247 e. The van der Waals surface area contributed by atoms with Crippen LogP contribution in [-0.4, -0.2) is 26.9 Å².